The molecule has 1 N–H and O–H groups in total. The number of hydrogen-bond acceptors (Lipinski definition) is 5. The van der Waals surface area contributed by atoms with Crippen LogP contribution in [0.1, 0.15) is 39.2 Å². The molecule has 2 rings (SSSR count). The third kappa shape index (κ3) is 5.77. The minimum absolute atomic E-state index is 0.230. The van der Waals surface area contributed by atoms with E-state index in [2.05, 4.69) is 38.1 Å². The van der Waals surface area contributed by atoms with E-state index in [4.69, 9.17) is 16.3 Å². The van der Waals surface area contributed by atoms with Crippen LogP contribution in [0.15, 0.2) is 17.4 Å². The molecule has 1 aliphatic heterocycles. The third-order valence-electron chi connectivity index (χ3n) is 3.49. The smallest absolute Gasteiger partial charge is 0.410 e. The molecule has 1 amide bonds. The highest BCUT2D eigenvalue weighted by Gasteiger charge is 2.26. The summed E-state index contributed by atoms with van der Waals surface area (Å²) in [6, 6.07) is 2.11. The van der Waals surface area contributed by atoms with Crippen LogP contribution in [0.4, 0.5) is 4.79 Å². The van der Waals surface area contributed by atoms with Gasteiger partial charge >= 0.3 is 6.09 Å². The molecule has 132 valence electrons. The standard InChI is InChI=1S/C16H22ClIN4O2/c1-16(2,3)24-15(23)22-8-5-11(6-9-22)21-20-10-12-13(18)4-7-19-14(12)17/h4,7,10-11,21H,5-6,8-9H2,1-3H3/b20-10-. The van der Waals surface area contributed by atoms with Crippen LogP contribution in [0.3, 0.4) is 0 Å². The van der Waals surface area contributed by atoms with Crippen molar-refractivity contribution in [2.75, 3.05) is 13.1 Å². The van der Waals surface area contributed by atoms with Crippen LogP contribution >= 0.6 is 34.2 Å². The molecule has 0 bridgehead atoms. The predicted molar refractivity (Wildman–Crippen MR) is 104 cm³/mol. The van der Waals surface area contributed by atoms with Crippen molar-refractivity contribution in [2.24, 2.45) is 5.10 Å². The van der Waals surface area contributed by atoms with E-state index in [1.807, 2.05) is 26.8 Å². The maximum absolute atomic E-state index is 12.0. The highest BCUT2D eigenvalue weighted by Crippen LogP contribution is 2.18. The molecule has 1 fully saturated rings. The molecule has 0 aromatic carbocycles. The summed E-state index contributed by atoms with van der Waals surface area (Å²) in [6.07, 6.45) is 4.77. The third-order valence-corrected chi connectivity index (χ3v) is 4.73. The number of hydrogen-bond donors (Lipinski definition) is 1. The van der Waals surface area contributed by atoms with Gasteiger partial charge in [-0.2, -0.15) is 5.10 Å². The van der Waals surface area contributed by atoms with Gasteiger partial charge in [0.1, 0.15) is 10.8 Å². The highest BCUT2D eigenvalue weighted by atomic mass is 127. The molecule has 0 radical (unpaired) electrons. The summed E-state index contributed by atoms with van der Waals surface area (Å²) in [5, 5.41) is 4.71. The lowest BCUT2D eigenvalue weighted by molar-refractivity contribution is 0.0199. The van der Waals surface area contributed by atoms with Gasteiger partial charge in [0, 0.05) is 34.5 Å². The zero-order valence-corrected chi connectivity index (χ0v) is 17.0. The Morgan fingerprint density at radius 3 is 2.75 bits per heavy atom. The van der Waals surface area contributed by atoms with Crippen molar-refractivity contribution in [3.05, 3.63) is 26.5 Å². The van der Waals surface area contributed by atoms with Crippen molar-refractivity contribution in [1.29, 1.82) is 0 Å². The van der Waals surface area contributed by atoms with Crippen molar-refractivity contribution in [1.82, 2.24) is 15.3 Å². The number of carbonyl (C=O) groups excluding carboxylic acids is 1. The number of pyridine rings is 1. The number of aromatic nitrogens is 1. The number of likely N-dealkylation sites (tertiary alicyclic amines) is 1. The number of nitrogens with one attached hydrogen (secondary N) is 1. The zero-order chi connectivity index (χ0) is 17.7. The van der Waals surface area contributed by atoms with Gasteiger partial charge in [0.15, 0.2) is 0 Å². The van der Waals surface area contributed by atoms with Crippen LogP contribution < -0.4 is 5.43 Å². The summed E-state index contributed by atoms with van der Waals surface area (Å²) in [7, 11) is 0. The van der Waals surface area contributed by atoms with Gasteiger partial charge in [-0.3, -0.25) is 0 Å². The van der Waals surface area contributed by atoms with E-state index >= 15 is 0 Å². The summed E-state index contributed by atoms with van der Waals surface area (Å²) in [4.78, 5) is 17.8. The van der Waals surface area contributed by atoms with Gasteiger partial charge in [0.2, 0.25) is 0 Å². The number of ether oxygens (including phenoxy) is 1. The van der Waals surface area contributed by atoms with Gasteiger partial charge in [-0.05, 0) is 62.3 Å². The molecule has 0 aliphatic carbocycles. The molecule has 1 aliphatic rings. The fourth-order valence-corrected chi connectivity index (χ4v) is 3.19. The van der Waals surface area contributed by atoms with Crippen LogP contribution in [0.2, 0.25) is 5.15 Å². The fraction of sp³-hybridized carbons (Fsp3) is 0.562. The van der Waals surface area contributed by atoms with E-state index in [9.17, 15) is 4.79 Å². The monoisotopic (exact) mass is 464 g/mol. The average molecular weight is 465 g/mol. The molecule has 0 spiro atoms. The van der Waals surface area contributed by atoms with Crippen LogP contribution in [0.5, 0.6) is 0 Å². The zero-order valence-electron chi connectivity index (χ0n) is 14.1. The van der Waals surface area contributed by atoms with Gasteiger partial charge in [-0.15, -0.1) is 0 Å². The maximum Gasteiger partial charge on any atom is 0.410 e. The molecule has 24 heavy (non-hydrogen) atoms. The molecule has 2 heterocycles. The number of nitrogens with zero attached hydrogens (tertiary/aromatic N) is 3. The Morgan fingerprint density at radius 1 is 1.50 bits per heavy atom. The number of piperidine rings is 1. The summed E-state index contributed by atoms with van der Waals surface area (Å²) < 4.78 is 6.39. The Morgan fingerprint density at radius 2 is 2.17 bits per heavy atom. The second-order valence-electron chi connectivity index (χ2n) is 6.63. The number of hydrazone groups is 1. The summed E-state index contributed by atoms with van der Waals surface area (Å²) in [6.45, 7) is 6.94. The first kappa shape index (κ1) is 19.2. The summed E-state index contributed by atoms with van der Waals surface area (Å²) in [5.41, 5.74) is 3.48. The van der Waals surface area contributed by atoms with Gasteiger partial charge in [0.25, 0.3) is 0 Å². The van der Waals surface area contributed by atoms with Crippen LogP contribution in [0, 0.1) is 3.57 Å². The van der Waals surface area contributed by atoms with Crippen molar-refractivity contribution < 1.29 is 9.53 Å². The number of amides is 1. The second kappa shape index (κ2) is 8.33. The first-order valence-electron chi connectivity index (χ1n) is 7.83. The van der Waals surface area contributed by atoms with E-state index in [0.717, 1.165) is 22.0 Å². The molecule has 8 heteroatoms. The van der Waals surface area contributed by atoms with Crippen molar-refractivity contribution in [2.45, 2.75) is 45.3 Å². The van der Waals surface area contributed by atoms with Crippen LogP contribution in [-0.2, 0) is 4.74 Å². The Kier molecular flexibility index (Phi) is 6.68. The lowest BCUT2D eigenvalue weighted by atomic mass is 10.1. The van der Waals surface area contributed by atoms with Crippen molar-refractivity contribution in [3.8, 4) is 0 Å². The summed E-state index contributed by atoms with van der Waals surface area (Å²) in [5.74, 6) is 0. The molecular weight excluding hydrogens is 443 g/mol. The van der Waals surface area contributed by atoms with Gasteiger partial charge in [0.05, 0.1) is 6.21 Å². The normalized spacial score (nSPS) is 16.5. The quantitative estimate of drug-likeness (QED) is 0.321. The molecule has 0 atom stereocenters. The first-order chi connectivity index (χ1) is 11.3. The van der Waals surface area contributed by atoms with Crippen LogP contribution in [0.25, 0.3) is 0 Å². The Hall–Kier alpha value is -1.09. The Balaban J connectivity index is 1.81. The minimum atomic E-state index is -0.462. The number of halogens is 2. The fourth-order valence-electron chi connectivity index (χ4n) is 2.27. The number of carbonyl (C=O) groups is 1. The molecule has 1 aromatic rings. The topological polar surface area (TPSA) is 66.8 Å². The first-order valence-corrected chi connectivity index (χ1v) is 9.28. The van der Waals surface area contributed by atoms with E-state index in [0.29, 0.717) is 18.2 Å². The van der Waals surface area contributed by atoms with E-state index < -0.39 is 5.60 Å². The summed E-state index contributed by atoms with van der Waals surface area (Å²) >= 11 is 8.26. The van der Waals surface area contributed by atoms with Gasteiger partial charge in [-0.1, -0.05) is 11.6 Å². The Bertz CT molecular complexity index is 590. The molecule has 0 unspecified atom stereocenters. The lowest BCUT2D eigenvalue weighted by Crippen LogP contribution is -2.45. The van der Waals surface area contributed by atoms with E-state index in [1.54, 1.807) is 17.3 Å². The highest BCUT2D eigenvalue weighted by molar-refractivity contribution is 14.1. The maximum atomic E-state index is 12.0. The molecule has 6 nitrogen and oxygen atoms in total. The average Bonchev–Trinajstić information content (AvgIpc) is 2.49. The molecule has 1 saturated heterocycles. The Labute approximate surface area is 161 Å². The van der Waals surface area contributed by atoms with Gasteiger partial charge < -0.3 is 15.1 Å². The largest absolute Gasteiger partial charge is 0.444 e. The van der Waals surface area contributed by atoms with E-state index in [1.165, 1.54) is 0 Å². The lowest BCUT2D eigenvalue weighted by Gasteiger charge is -2.33. The van der Waals surface area contributed by atoms with Crippen molar-refractivity contribution >= 4 is 46.5 Å². The van der Waals surface area contributed by atoms with Crippen LogP contribution in [-0.4, -0.2) is 46.9 Å². The van der Waals surface area contributed by atoms with Gasteiger partial charge in [-0.25, -0.2) is 9.78 Å². The van der Waals surface area contributed by atoms with E-state index in [-0.39, 0.29) is 12.1 Å². The SMILES string of the molecule is CC(C)(C)OC(=O)N1CCC(N/N=C\c2c(I)ccnc2Cl)CC1. The van der Waals surface area contributed by atoms with Crippen molar-refractivity contribution in [3.63, 3.8) is 0 Å². The molecule has 1 aromatic heterocycles. The molecular formula is C16H22ClIN4O2. The number of rotatable bonds is 3. The minimum Gasteiger partial charge on any atom is -0.444 e. The predicted octanol–water partition coefficient (Wildman–Crippen LogP) is 3.66. The second-order valence-corrected chi connectivity index (χ2v) is 8.15. The molecule has 0 saturated carbocycles.